The van der Waals surface area contributed by atoms with Gasteiger partial charge >= 0.3 is 11.9 Å². The Labute approximate surface area is 103 Å². The maximum Gasteiger partial charge on any atom is 0.341 e. The predicted octanol–water partition coefficient (Wildman–Crippen LogP) is 1.26. The number of benzene rings is 1. The summed E-state index contributed by atoms with van der Waals surface area (Å²) in [4.78, 5) is 20.7. The number of hydrogen-bond donors (Lipinski definition) is 2. The van der Waals surface area contributed by atoms with Gasteiger partial charge in [0.05, 0.1) is 7.11 Å². The zero-order chi connectivity index (χ0) is 13.5. The Balaban J connectivity index is 2.89. The van der Waals surface area contributed by atoms with Crippen LogP contribution in [0.3, 0.4) is 0 Å². The zero-order valence-corrected chi connectivity index (χ0v) is 9.62. The number of carbonyl (C=O) groups is 2. The van der Waals surface area contributed by atoms with Crippen LogP contribution in [0, 0.1) is 0 Å². The summed E-state index contributed by atoms with van der Waals surface area (Å²) in [7, 11) is 1.41. The minimum absolute atomic E-state index is 0.285. The van der Waals surface area contributed by atoms with E-state index >= 15 is 0 Å². The molecule has 0 saturated carbocycles. The van der Waals surface area contributed by atoms with Gasteiger partial charge in [0.2, 0.25) is 0 Å². The Hall–Kier alpha value is -2.50. The lowest BCUT2D eigenvalue weighted by Crippen LogP contribution is -2.10. The van der Waals surface area contributed by atoms with Crippen LogP contribution >= 0.6 is 0 Å². The van der Waals surface area contributed by atoms with Gasteiger partial charge in [-0.1, -0.05) is 6.07 Å². The summed E-state index contributed by atoms with van der Waals surface area (Å²) in [5.74, 6) is -1.52. The Morgan fingerprint density at radius 3 is 2.56 bits per heavy atom. The molecule has 1 aromatic carbocycles. The Morgan fingerprint density at radius 1 is 1.28 bits per heavy atom. The highest BCUT2D eigenvalue weighted by Gasteiger charge is 2.06. The van der Waals surface area contributed by atoms with Gasteiger partial charge in [-0.05, 0) is 23.8 Å². The first-order valence-electron chi connectivity index (χ1n) is 4.96. The number of aliphatic carboxylic acids is 2. The molecule has 0 amide bonds. The fourth-order valence-corrected chi connectivity index (χ4v) is 1.21. The van der Waals surface area contributed by atoms with Crippen molar-refractivity contribution in [3.8, 4) is 11.5 Å². The second-order valence-electron chi connectivity index (χ2n) is 3.26. The summed E-state index contributed by atoms with van der Waals surface area (Å²) in [5, 5.41) is 17.0. The lowest BCUT2D eigenvalue weighted by Gasteiger charge is -2.09. The lowest BCUT2D eigenvalue weighted by molar-refractivity contribution is -0.139. The predicted molar refractivity (Wildman–Crippen MR) is 62.8 cm³/mol. The maximum absolute atomic E-state index is 10.4. The minimum atomic E-state index is -1.09. The highest BCUT2D eigenvalue weighted by atomic mass is 16.5. The molecular formula is C12H12O6. The molecular weight excluding hydrogens is 240 g/mol. The smallest absolute Gasteiger partial charge is 0.341 e. The molecule has 2 N–H and O–H groups in total. The van der Waals surface area contributed by atoms with Crippen molar-refractivity contribution in [1.82, 2.24) is 0 Å². The van der Waals surface area contributed by atoms with Crippen LogP contribution in [0.15, 0.2) is 24.3 Å². The van der Waals surface area contributed by atoms with Crippen molar-refractivity contribution >= 4 is 18.0 Å². The highest BCUT2D eigenvalue weighted by molar-refractivity contribution is 5.85. The molecule has 6 heteroatoms. The van der Waals surface area contributed by atoms with E-state index in [0.717, 1.165) is 6.08 Å². The van der Waals surface area contributed by atoms with Crippen molar-refractivity contribution in [3.05, 3.63) is 29.8 Å². The van der Waals surface area contributed by atoms with Crippen molar-refractivity contribution in [2.24, 2.45) is 0 Å². The Morgan fingerprint density at radius 2 is 2.00 bits per heavy atom. The number of rotatable bonds is 6. The van der Waals surface area contributed by atoms with E-state index in [1.165, 1.54) is 19.3 Å². The summed E-state index contributed by atoms with van der Waals surface area (Å²) >= 11 is 0. The number of methoxy groups -OCH3 is 1. The van der Waals surface area contributed by atoms with E-state index in [-0.39, 0.29) is 5.75 Å². The minimum Gasteiger partial charge on any atom is -0.493 e. The molecule has 0 aliphatic carbocycles. The van der Waals surface area contributed by atoms with Crippen molar-refractivity contribution in [1.29, 1.82) is 0 Å². The summed E-state index contributed by atoms with van der Waals surface area (Å²) in [6, 6.07) is 4.67. The van der Waals surface area contributed by atoms with Crippen molar-refractivity contribution in [2.75, 3.05) is 13.7 Å². The monoisotopic (exact) mass is 252 g/mol. The molecule has 0 aromatic heterocycles. The molecule has 0 unspecified atom stereocenters. The number of carboxylic acid groups (broad SMARTS) is 2. The molecule has 0 radical (unpaired) electrons. The number of ether oxygens (including phenoxy) is 2. The molecule has 0 aliphatic rings. The zero-order valence-electron chi connectivity index (χ0n) is 9.62. The van der Waals surface area contributed by atoms with Gasteiger partial charge in [-0.15, -0.1) is 0 Å². The SMILES string of the molecule is COc1cc(/C=C/C(=O)O)ccc1OCC(=O)O. The molecule has 0 fully saturated rings. The van der Waals surface area contributed by atoms with Crippen LogP contribution in [0.25, 0.3) is 6.08 Å². The summed E-state index contributed by atoms with van der Waals surface area (Å²) in [6.45, 7) is -0.472. The van der Waals surface area contributed by atoms with Gasteiger partial charge < -0.3 is 19.7 Å². The molecule has 0 saturated heterocycles. The second kappa shape index (κ2) is 6.29. The number of hydrogen-bond acceptors (Lipinski definition) is 4. The first-order valence-corrected chi connectivity index (χ1v) is 4.96. The molecule has 6 nitrogen and oxygen atoms in total. The van der Waals surface area contributed by atoms with E-state index in [4.69, 9.17) is 19.7 Å². The van der Waals surface area contributed by atoms with Crippen LogP contribution in [0.2, 0.25) is 0 Å². The van der Waals surface area contributed by atoms with Gasteiger partial charge in [0.15, 0.2) is 18.1 Å². The Bertz CT molecular complexity index is 477. The molecule has 0 heterocycles. The van der Waals surface area contributed by atoms with Crippen molar-refractivity contribution < 1.29 is 29.3 Å². The third-order valence-corrected chi connectivity index (χ3v) is 1.96. The lowest BCUT2D eigenvalue weighted by atomic mass is 10.2. The first kappa shape index (κ1) is 13.6. The summed E-state index contributed by atoms with van der Waals surface area (Å²) in [5.41, 5.74) is 0.608. The van der Waals surface area contributed by atoms with Gasteiger partial charge in [0.25, 0.3) is 0 Å². The van der Waals surface area contributed by atoms with E-state index in [2.05, 4.69) is 0 Å². The molecule has 18 heavy (non-hydrogen) atoms. The van der Waals surface area contributed by atoms with E-state index in [9.17, 15) is 9.59 Å². The topological polar surface area (TPSA) is 93.1 Å². The van der Waals surface area contributed by atoms with Crippen LogP contribution < -0.4 is 9.47 Å². The van der Waals surface area contributed by atoms with E-state index < -0.39 is 18.5 Å². The first-order chi connectivity index (χ1) is 8.52. The van der Waals surface area contributed by atoms with Crippen LogP contribution in [0.5, 0.6) is 11.5 Å². The fourth-order valence-electron chi connectivity index (χ4n) is 1.21. The van der Waals surface area contributed by atoms with Crippen LogP contribution in [0.4, 0.5) is 0 Å². The van der Waals surface area contributed by atoms with Gasteiger partial charge in [0.1, 0.15) is 0 Å². The molecule has 0 bridgehead atoms. The third-order valence-electron chi connectivity index (χ3n) is 1.96. The average Bonchev–Trinajstić information content (AvgIpc) is 2.34. The molecule has 0 spiro atoms. The normalized spacial score (nSPS) is 10.3. The van der Waals surface area contributed by atoms with E-state index in [1.807, 2.05) is 0 Å². The quantitative estimate of drug-likeness (QED) is 0.740. The van der Waals surface area contributed by atoms with E-state index in [1.54, 1.807) is 12.1 Å². The average molecular weight is 252 g/mol. The number of carboxylic acids is 2. The van der Waals surface area contributed by atoms with Crippen LogP contribution in [-0.2, 0) is 9.59 Å². The van der Waals surface area contributed by atoms with Crippen LogP contribution in [0.1, 0.15) is 5.56 Å². The summed E-state index contributed by atoms with van der Waals surface area (Å²) < 4.78 is 10.0. The maximum atomic E-state index is 10.4. The van der Waals surface area contributed by atoms with Gasteiger partial charge in [-0.3, -0.25) is 0 Å². The van der Waals surface area contributed by atoms with Crippen LogP contribution in [-0.4, -0.2) is 35.9 Å². The molecule has 1 rings (SSSR count). The molecule has 0 aliphatic heterocycles. The van der Waals surface area contributed by atoms with Gasteiger partial charge in [-0.2, -0.15) is 0 Å². The van der Waals surface area contributed by atoms with E-state index in [0.29, 0.717) is 11.3 Å². The largest absolute Gasteiger partial charge is 0.493 e. The van der Waals surface area contributed by atoms with Crippen molar-refractivity contribution in [2.45, 2.75) is 0 Å². The van der Waals surface area contributed by atoms with Crippen molar-refractivity contribution in [3.63, 3.8) is 0 Å². The molecule has 96 valence electrons. The fraction of sp³-hybridized carbons (Fsp3) is 0.167. The van der Waals surface area contributed by atoms with Gasteiger partial charge in [-0.25, -0.2) is 9.59 Å². The summed E-state index contributed by atoms with van der Waals surface area (Å²) in [6.07, 6.45) is 2.39. The standard InChI is InChI=1S/C12H12O6/c1-17-10-6-8(3-5-11(13)14)2-4-9(10)18-7-12(15)16/h2-6H,7H2,1H3,(H,13,14)(H,15,16)/b5-3+. The second-order valence-corrected chi connectivity index (χ2v) is 3.26. The highest BCUT2D eigenvalue weighted by Crippen LogP contribution is 2.28. The van der Waals surface area contributed by atoms with Gasteiger partial charge in [0, 0.05) is 6.08 Å². The molecule has 0 atom stereocenters. The molecule has 1 aromatic rings. The third kappa shape index (κ3) is 4.17. The Kier molecular flexibility index (Phi) is 4.74.